The molecule has 5 heteroatoms. The number of nitrogens with zero attached hydrogens (tertiary/aromatic N) is 2. The lowest BCUT2D eigenvalue weighted by molar-refractivity contribution is 0.100. The second-order valence-electron chi connectivity index (χ2n) is 5.66. The number of nitrogens with one attached hydrogen (secondary N) is 1. The first kappa shape index (κ1) is 13.1. The van der Waals surface area contributed by atoms with Gasteiger partial charge in [-0.3, -0.25) is 4.79 Å². The number of imidazole rings is 1. The van der Waals surface area contributed by atoms with Crippen LogP contribution in [-0.2, 0) is 0 Å². The predicted octanol–water partition coefficient (Wildman–Crippen LogP) is 1.79. The number of carbonyl (C=O) groups excluding carboxylic acids is 1. The van der Waals surface area contributed by atoms with E-state index in [1.807, 2.05) is 12.1 Å². The average Bonchev–Trinajstić information content (AvgIpc) is 3.04. The van der Waals surface area contributed by atoms with Crippen molar-refractivity contribution in [3.8, 4) is 0 Å². The zero-order valence-corrected chi connectivity index (χ0v) is 11.9. The van der Waals surface area contributed by atoms with Gasteiger partial charge < -0.3 is 15.6 Å². The Morgan fingerprint density at radius 1 is 1.50 bits per heavy atom. The van der Waals surface area contributed by atoms with Gasteiger partial charge in [-0.1, -0.05) is 6.07 Å². The monoisotopic (exact) mass is 272 g/mol. The molecule has 1 aliphatic rings. The van der Waals surface area contributed by atoms with Crippen molar-refractivity contribution in [2.45, 2.75) is 32.2 Å². The van der Waals surface area contributed by atoms with E-state index in [1.165, 1.54) is 0 Å². The van der Waals surface area contributed by atoms with Gasteiger partial charge in [0.2, 0.25) is 0 Å². The standard InChI is InChI=1S/C15H20N4O/c1-9(2)19-12-5-3-4-11(14(16)20)13(12)18-15(19)10-6-7-17-8-10/h3-5,9-10,17H,6-8H2,1-2H3,(H2,16,20). The van der Waals surface area contributed by atoms with E-state index in [2.05, 4.69) is 23.7 Å². The number of aromatic nitrogens is 2. The summed E-state index contributed by atoms with van der Waals surface area (Å²) < 4.78 is 2.24. The Labute approximate surface area is 118 Å². The van der Waals surface area contributed by atoms with Crippen LogP contribution in [0.25, 0.3) is 11.0 Å². The van der Waals surface area contributed by atoms with Crippen molar-refractivity contribution in [2.75, 3.05) is 13.1 Å². The summed E-state index contributed by atoms with van der Waals surface area (Å²) >= 11 is 0. The van der Waals surface area contributed by atoms with Crippen molar-refractivity contribution in [1.82, 2.24) is 14.9 Å². The summed E-state index contributed by atoms with van der Waals surface area (Å²) in [5, 5.41) is 3.37. The summed E-state index contributed by atoms with van der Waals surface area (Å²) in [6.45, 7) is 6.25. The maximum atomic E-state index is 11.6. The molecule has 2 aromatic rings. The van der Waals surface area contributed by atoms with Gasteiger partial charge in [-0.15, -0.1) is 0 Å². The second kappa shape index (κ2) is 4.90. The van der Waals surface area contributed by atoms with Crippen LogP contribution in [0.15, 0.2) is 18.2 Å². The third-order valence-electron chi connectivity index (χ3n) is 3.95. The lowest BCUT2D eigenvalue weighted by Gasteiger charge is -2.16. The molecule has 106 valence electrons. The van der Waals surface area contributed by atoms with Gasteiger partial charge in [0, 0.05) is 18.5 Å². The summed E-state index contributed by atoms with van der Waals surface area (Å²) in [7, 11) is 0. The van der Waals surface area contributed by atoms with E-state index >= 15 is 0 Å². The number of hydrogen-bond acceptors (Lipinski definition) is 3. The summed E-state index contributed by atoms with van der Waals surface area (Å²) in [6.07, 6.45) is 1.09. The third kappa shape index (κ3) is 1.98. The molecule has 20 heavy (non-hydrogen) atoms. The largest absolute Gasteiger partial charge is 0.366 e. The van der Waals surface area contributed by atoms with Gasteiger partial charge in [-0.2, -0.15) is 0 Å². The Morgan fingerprint density at radius 3 is 2.90 bits per heavy atom. The minimum absolute atomic E-state index is 0.304. The molecule has 0 saturated carbocycles. The summed E-state index contributed by atoms with van der Waals surface area (Å²) in [5.74, 6) is 1.05. The predicted molar refractivity (Wildman–Crippen MR) is 78.9 cm³/mol. The molecular formula is C15H20N4O. The van der Waals surface area contributed by atoms with Crippen LogP contribution in [0, 0.1) is 0 Å². The lowest BCUT2D eigenvalue weighted by atomic mass is 10.1. The molecule has 2 heterocycles. The molecule has 5 nitrogen and oxygen atoms in total. The van der Waals surface area contributed by atoms with Crippen molar-refractivity contribution in [1.29, 1.82) is 0 Å². The van der Waals surface area contributed by atoms with Crippen molar-refractivity contribution < 1.29 is 4.79 Å². The Balaban J connectivity index is 2.26. The summed E-state index contributed by atoms with van der Waals surface area (Å²) in [5.41, 5.74) is 7.71. The second-order valence-corrected chi connectivity index (χ2v) is 5.66. The van der Waals surface area contributed by atoms with Gasteiger partial charge >= 0.3 is 0 Å². The molecule has 1 aromatic heterocycles. The first-order chi connectivity index (χ1) is 9.59. The fourth-order valence-corrected chi connectivity index (χ4v) is 3.04. The van der Waals surface area contributed by atoms with E-state index < -0.39 is 5.91 Å². The van der Waals surface area contributed by atoms with Gasteiger partial charge in [0.1, 0.15) is 11.3 Å². The van der Waals surface area contributed by atoms with Crippen molar-refractivity contribution in [3.63, 3.8) is 0 Å². The van der Waals surface area contributed by atoms with Gasteiger partial charge in [-0.25, -0.2) is 4.98 Å². The smallest absolute Gasteiger partial charge is 0.250 e. The molecule has 3 rings (SSSR count). The van der Waals surface area contributed by atoms with Crippen molar-refractivity contribution in [3.05, 3.63) is 29.6 Å². The quantitative estimate of drug-likeness (QED) is 0.894. The van der Waals surface area contributed by atoms with Crippen LogP contribution in [0.5, 0.6) is 0 Å². The van der Waals surface area contributed by atoms with Crippen LogP contribution in [-0.4, -0.2) is 28.5 Å². The summed E-state index contributed by atoms with van der Waals surface area (Å²) in [4.78, 5) is 16.3. The molecule has 1 fully saturated rings. The van der Waals surface area contributed by atoms with Crippen molar-refractivity contribution in [2.24, 2.45) is 5.73 Å². The van der Waals surface area contributed by atoms with Gasteiger partial charge in [0.25, 0.3) is 5.91 Å². The number of benzene rings is 1. The minimum atomic E-state index is -0.417. The summed E-state index contributed by atoms with van der Waals surface area (Å²) in [6, 6.07) is 5.94. The van der Waals surface area contributed by atoms with Crippen molar-refractivity contribution >= 4 is 16.9 Å². The zero-order valence-electron chi connectivity index (χ0n) is 11.9. The zero-order chi connectivity index (χ0) is 14.3. The van der Waals surface area contributed by atoms with E-state index in [1.54, 1.807) is 6.07 Å². The molecule has 1 atom stereocenters. The SMILES string of the molecule is CC(C)n1c(C2CCNC2)nc2c(C(N)=O)cccc21. The molecular weight excluding hydrogens is 252 g/mol. The van der Waals surface area contributed by atoms with E-state index in [4.69, 9.17) is 10.7 Å². The molecule has 0 bridgehead atoms. The van der Waals surface area contributed by atoms with Crippen LogP contribution in [0.3, 0.4) is 0 Å². The Morgan fingerprint density at radius 2 is 2.30 bits per heavy atom. The highest BCUT2D eigenvalue weighted by atomic mass is 16.1. The van der Waals surface area contributed by atoms with Crippen LogP contribution < -0.4 is 11.1 Å². The maximum absolute atomic E-state index is 11.6. The number of carbonyl (C=O) groups is 1. The number of amides is 1. The molecule has 1 aromatic carbocycles. The van der Waals surface area contributed by atoms with E-state index in [0.29, 0.717) is 17.5 Å². The van der Waals surface area contributed by atoms with Crippen LogP contribution in [0.1, 0.15) is 48.4 Å². The molecule has 0 spiro atoms. The van der Waals surface area contributed by atoms with Crippen LogP contribution >= 0.6 is 0 Å². The molecule has 1 unspecified atom stereocenters. The Kier molecular flexibility index (Phi) is 3.22. The molecule has 0 radical (unpaired) electrons. The minimum Gasteiger partial charge on any atom is -0.366 e. The van der Waals surface area contributed by atoms with Gasteiger partial charge in [-0.05, 0) is 38.9 Å². The topological polar surface area (TPSA) is 72.9 Å². The molecule has 1 aliphatic heterocycles. The highest BCUT2D eigenvalue weighted by Gasteiger charge is 2.25. The van der Waals surface area contributed by atoms with Gasteiger partial charge in [0.15, 0.2) is 0 Å². The van der Waals surface area contributed by atoms with E-state index in [-0.39, 0.29) is 0 Å². The maximum Gasteiger partial charge on any atom is 0.250 e. The average molecular weight is 272 g/mol. The van der Waals surface area contributed by atoms with Gasteiger partial charge in [0.05, 0.1) is 11.1 Å². The number of hydrogen-bond donors (Lipinski definition) is 2. The molecule has 3 N–H and O–H groups in total. The fraction of sp³-hybridized carbons (Fsp3) is 0.467. The Hall–Kier alpha value is -1.88. The number of para-hydroxylation sites is 1. The highest BCUT2D eigenvalue weighted by molar-refractivity contribution is 6.04. The normalized spacial score (nSPS) is 19.1. The van der Waals surface area contributed by atoms with E-state index in [9.17, 15) is 4.79 Å². The first-order valence-electron chi connectivity index (χ1n) is 7.11. The number of nitrogens with two attached hydrogens (primary N) is 1. The fourth-order valence-electron chi connectivity index (χ4n) is 3.04. The number of rotatable bonds is 3. The number of primary amides is 1. The Bertz CT molecular complexity index is 653. The molecule has 0 aliphatic carbocycles. The first-order valence-corrected chi connectivity index (χ1v) is 7.11. The lowest BCUT2D eigenvalue weighted by Crippen LogP contribution is -2.14. The third-order valence-corrected chi connectivity index (χ3v) is 3.95. The number of fused-ring (bicyclic) bond motifs is 1. The van der Waals surface area contributed by atoms with E-state index in [0.717, 1.165) is 36.4 Å². The van der Waals surface area contributed by atoms with Crippen LogP contribution in [0.4, 0.5) is 0 Å². The molecule has 1 saturated heterocycles. The van der Waals surface area contributed by atoms with Crippen LogP contribution in [0.2, 0.25) is 0 Å². The highest BCUT2D eigenvalue weighted by Crippen LogP contribution is 2.30. The molecule has 1 amide bonds.